The summed E-state index contributed by atoms with van der Waals surface area (Å²) < 4.78 is 10.7. The lowest BCUT2D eigenvalue weighted by Gasteiger charge is -2.22. The first-order valence-corrected chi connectivity index (χ1v) is 7.29. The average molecular weight is 330 g/mol. The second-order valence-electron chi connectivity index (χ2n) is 5.38. The number of carboxylic acid groups (broad SMARTS) is 2. The smallest absolute Gasteiger partial charge is 0.349 e. The van der Waals surface area contributed by atoms with Crippen molar-refractivity contribution in [2.45, 2.75) is 26.1 Å². The molecule has 0 saturated carbocycles. The molecule has 0 unspecified atom stereocenters. The van der Waals surface area contributed by atoms with E-state index in [0.717, 1.165) is 11.1 Å². The average Bonchev–Trinajstić information content (AvgIpc) is 2.54. The van der Waals surface area contributed by atoms with Crippen LogP contribution in [0.15, 0.2) is 48.5 Å². The Hall–Kier alpha value is -3.02. The lowest BCUT2D eigenvalue weighted by atomic mass is 10.2. The lowest BCUT2D eigenvalue weighted by molar-refractivity contribution is -0.161. The van der Waals surface area contributed by atoms with Gasteiger partial charge in [0.15, 0.2) is 0 Å². The van der Waals surface area contributed by atoms with Crippen LogP contribution in [0, 0.1) is 13.8 Å². The van der Waals surface area contributed by atoms with Gasteiger partial charge in [0, 0.05) is 0 Å². The number of benzene rings is 2. The van der Waals surface area contributed by atoms with E-state index < -0.39 is 24.1 Å². The first-order chi connectivity index (χ1) is 11.4. The van der Waals surface area contributed by atoms with Gasteiger partial charge in [-0.15, -0.1) is 0 Å². The minimum atomic E-state index is -1.69. The molecule has 0 radical (unpaired) electrons. The van der Waals surface area contributed by atoms with Crippen LogP contribution in [-0.4, -0.2) is 34.4 Å². The highest BCUT2D eigenvalue weighted by molar-refractivity contribution is 5.84. The van der Waals surface area contributed by atoms with Crippen LogP contribution >= 0.6 is 0 Å². The molecule has 0 amide bonds. The highest BCUT2D eigenvalue weighted by Crippen LogP contribution is 2.19. The topological polar surface area (TPSA) is 93.1 Å². The molecule has 126 valence electrons. The van der Waals surface area contributed by atoms with E-state index in [1.807, 2.05) is 13.8 Å². The van der Waals surface area contributed by atoms with E-state index >= 15 is 0 Å². The Morgan fingerprint density at radius 3 is 1.25 bits per heavy atom. The number of hydrogen-bond donors (Lipinski definition) is 2. The largest absolute Gasteiger partial charge is 0.478 e. The summed E-state index contributed by atoms with van der Waals surface area (Å²) in [5.74, 6) is -2.33. The van der Waals surface area contributed by atoms with Crippen molar-refractivity contribution in [3.05, 3.63) is 59.7 Å². The molecule has 6 nitrogen and oxygen atoms in total. The Morgan fingerprint density at radius 1 is 0.708 bits per heavy atom. The van der Waals surface area contributed by atoms with Crippen molar-refractivity contribution in [2.24, 2.45) is 0 Å². The fourth-order valence-electron chi connectivity index (χ4n) is 2.01. The first kappa shape index (κ1) is 17.3. The van der Waals surface area contributed by atoms with Crippen molar-refractivity contribution < 1.29 is 29.3 Å². The third kappa shape index (κ3) is 4.49. The summed E-state index contributed by atoms with van der Waals surface area (Å²) >= 11 is 0. The molecule has 24 heavy (non-hydrogen) atoms. The SMILES string of the molecule is Cc1ccc(O[C@H](C(=O)O)[C@H](Oc2ccc(C)cc2)C(=O)O)cc1. The molecule has 6 heteroatoms. The summed E-state index contributed by atoms with van der Waals surface area (Å²) in [5.41, 5.74) is 1.94. The number of carboxylic acids is 2. The summed E-state index contributed by atoms with van der Waals surface area (Å²) in [5, 5.41) is 18.7. The van der Waals surface area contributed by atoms with Crippen LogP contribution in [0.5, 0.6) is 11.5 Å². The molecule has 0 heterocycles. The quantitative estimate of drug-likeness (QED) is 0.811. The highest BCUT2D eigenvalue weighted by atomic mass is 16.6. The van der Waals surface area contributed by atoms with Gasteiger partial charge in [-0.3, -0.25) is 0 Å². The van der Waals surface area contributed by atoms with Gasteiger partial charge in [-0.1, -0.05) is 35.4 Å². The van der Waals surface area contributed by atoms with Gasteiger partial charge in [0.1, 0.15) is 11.5 Å². The minimum Gasteiger partial charge on any atom is -0.478 e. The van der Waals surface area contributed by atoms with Gasteiger partial charge < -0.3 is 19.7 Å². The van der Waals surface area contributed by atoms with Crippen LogP contribution < -0.4 is 9.47 Å². The molecule has 2 aromatic carbocycles. The van der Waals surface area contributed by atoms with Gasteiger partial charge in [-0.25, -0.2) is 9.59 Å². The molecule has 0 aliphatic heterocycles. The molecule has 0 bridgehead atoms. The first-order valence-electron chi connectivity index (χ1n) is 7.29. The van der Waals surface area contributed by atoms with Gasteiger partial charge in [0.05, 0.1) is 0 Å². The van der Waals surface area contributed by atoms with Crippen molar-refractivity contribution >= 4 is 11.9 Å². The van der Waals surface area contributed by atoms with Crippen LogP contribution in [0.4, 0.5) is 0 Å². The van der Waals surface area contributed by atoms with Crippen LogP contribution in [0.1, 0.15) is 11.1 Å². The van der Waals surface area contributed by atoms with Crippen LogP contribution in [0.25, 0.3) is 0 Å². The maximum Gasteiger partial charge on any atom is 0.349 e. The van der Waals surface area contributed by atoms with Crippen molar-refractivity contribution in [1.29, 1.82) is 0 Å². The summed E-state index contributed by atoms with van der Waals surface area (Å²) in [4.78, 5) is 23.0. The zero-order chi connectivity index (χ0) is 17.7. The summed E-state index contributed by atoms with van der Waals surface area (Å²) in [6.07, 6.45) is -3.38. The van der Waals surface area contributed by atoms with Crippen molar-refractivity contribution in [1.82, 2.24) is 0 Å². The molecule has 0 fully saturated rings. The Bertz CT molecular complexity index is 642. The number of aliphatic carboxylic acids is 2. The zero-order valence-corrected chi connectivity index (χ0v) is 13.3. The number of hydrogen-bond acceptors (Lipinski definition) is 4. The van der Waals surface area contributed by atoms with Crippen molar-refractivity contribution in [2.75, 3.05) is 0 Å². The molecule has 0 aliphatic rings. The Morgan fingerprint density at radius 2 is 1.00 bits per heavy atom. The number of carbonyl (C=O) groups is 2. The molecule has 0 spiro atoms. The van der Waals surface area contributed by atoms with E-state index in [-0.39, 0.29) is 11.5 Å². The normalized spacial score (nSPS) is 12.9. The van der Waals surface area contributed by atoms with Gasteiger partial charge in [-0.2, -0.15) is 0 Å². The number of rotatable bonds is 7. The summed E-state index contributed by atoms with van der Waals surface area (Å²) in [6.45, 7) is 3.75. The monoisotopic (exact) mass is 330 g/mol. The predicted molar refractivity (Wildman–Crippen MR) is 86.5 cm³/mol. The second kappa shape index (κ2) is 7.50. The van der Waals surface area contributed by atoms with Crippen LogP contribution in [0.3, 0.4) is 0 Å². The predicted octanol–water partition coefficient (Wildman–Crippen LogP) is 2.67. The molecule has 2 rings (SSSR count). The zero-order valence-electron chi connectivity index (χ0n) is 13.3. The van der Waals surface area contributed by atoms with Crippen molar-refractivity contribution in [3.63, 3.8) is 0 Å². The van der Waals surface area contributed by atoms with Crippen LogP contribution in [-0.2, 0) is 9.59 Å². The van der Waals surface area contributed by atoms with E-state index in [4.69, 9.17) is 9.47 Å². The van der Waals surface area contributed by atoms with Gasteiger partial charge in [-0.05, 0) is 38.1 Å². The van der Waals surface area contributed by atoms with Gasteiger partial charge in [0.25, 0.3) is 0 Å². The molecule has 2 atom stereocenters. The fourth-order valence-corrected chi connectivity index (χ4v) is 2.01. The molecule has 0 aromatic heterocycles. The second-order valence-corrected chi connectivity index (χ2v) is 5.38. The third-order valence-electron chi connectivity index (χ3n) is 3.33. The lowest BCUT2D eigenvalue weighted by Crippen LogP contribution is -2.47. The summed E-state index contributed by atoms with van der Waals surface area (Å²) in [7, 11) is 0. The minimum absolute atomic E-state index is 0.256. The fraction of sp³-hybridized carbons (Fsp3) is 0.222. The third-order valence-corrected chi connectivity index (χ3v) is 3.33. The number of ether oxygens (including phenoxy) is 2. The highest BCUT2D eigenvalue weighted by Gasteiger charge is 2.38. The molecular formula is C18H18O6. The molecule has 2 N–H and O–H groups in total. The maximum atomic E-state index is 11.5. The van der Waals surface area contributed by atoms with E-state index in [2.05, 4.69) is 0 Å². The summed E-state index contributed by atoms with van der Waals surface area (Å²) in [6, 6.07) is 13.3. The molecule has 0 saturated heterocycles. The van der Waals surface area contributed by atoms with E-state index in [1.54, 1.807) is 48.5 Å². The van der Waals surface area contributed by atoms with E-state index in [1.165, 1.54) is 0 Å². The molecular weight excluding hydrogens is 312 g/mol. The number of aryl methyl sites for hydroxylation is 2. The van der Waals surface area contributed by atoms with E-state index in [0.29, 0.717) is 0 Å². The van der Waals surface area contributed by atoms with Gasteiger partial charge in [0.2, 0.25) is 12.2 Å². The van der Waals surface area contributed by atoms with Gasteiger partial charge >= 0.3 is 11.9 Å². The molecule has 0 aliphatic carbocycles. The van der Waals surface area contributed by atoms with Crippen LogP contribution in [0.2, 0.25) is 0 Å². The van der Waals surface area contributed by atoms with Crippen molar-refractivity contribution in [3.8, 4) is 11.5 Å². The standard InChI is InChI=1S/C18H18O6/c1-11-3-7-13(8-4-11)23-15(17(19)20)16(18(21)22)24-14-9-5-12(2)6-10-14/h3-10,15-16H,1-2H3,(H,19,20)(H,21,22)/t15-,16-/m0/s1. The van der Waals surface area contributed by atoms with E-state index in [9.17, 15) is 19.8 Å². The Labute approximate surface area is 139 Å². The maximum absolute atomic E-state index is 11.5. The Kier molecular flexibility index (Phi) is 5.42. The molecule has 2 aromatic rings. The Balaban J connectivity index is 2.23.